The van der Waals surface area contributed by atoms with Gasteiger partial charge < -0.3 is 29.8 Å². The van der Waals surface area contributed by atoms with Crippen molar-refractivity contribution in [2.45, 2.75) is 44.9 Å². The second kappa shape index (κ2) is 14.5. The van der Waals surface area contributed by atoms with Crippen molar-refractivity contribution >= 4 is 29.4 Å². The molecule has 0 radical (unpaired) electrons. The number of aryl methyl sites for hydroxylation is 1. The van der Waals surface area contributed by atoms with E-state index in [-0.39, 0.29) is 42.7 Å². The standard InChI is InChI=1S/C31H31N5O7/c1-3-8-26(36-16-7-11-24(31(36)41)34-29(39)25-17-20(2)43-35-25)30(40)33-23(18-22-14-15-32-28(22)38)12-13-27(37)42-19-21-9-5-4-6-10-21/h1,4-7,9-13,16-17,22-23,26H,8,14-15,18-19H2,2H3,(H,32,38)(H,33,40)(H,34,39)/t22-,23+,26-/m0/s1. The summed E-state index contributed by atoms with van der Waals surface area (Å²) in [4.78, 5) is 64.1. The van der Waals surface area contributed by atoms with Gasteiger partial charge in [0.1, 0.15) is 24.1 Å². The molecule has 0 bridgehead atoms. The van der Waals surface area contributed by atoms with Gasteiger partial charge in [-0.25, -0.2) is 4.79 Å². The molecule has 1 fully saturated rings. The average molecular weight is 586 g/mol. The van der Waals surface area contributed by atoms with E-state index in [1.807, 2.05) is 30.3 Å². The first-order valence-corrected chi connectivity index (χ1v) is 13.6. The first-order chi connectivity index (χ1) is 20.7. The van der Waals surface area contributed by atoms with E-state index in [1.165, 1.54) is 36.5 Å². The van der Waals surface area contributed by atoms with Crippen molar-refractivity contribution in [2.24, 2.45) is 5.92 Å². The number of anilines is 1. The van der Waals surface area contributed by atoms with Crippen molar-refractivity contribution in [3.8, 4) is 12.3 Å². The molecule has 4 rings (SSSR count). The van der Waals surface area contributed by atoms with Crippen LogP contribution in [0.4, 0.5) is 5.69 Å². The molecular weight excluding hydrogens is 554 g/mol. The number of carbonyl (C=O) groups excluding carboxylic acids is 4. The molecule has 3 amide bonds. The molecule has 1 aromatic carbocycles. The van der Waals surface area contributed by atoms with Crippen LogP contribution in [0.1, 0.15) is 47.1 Å². The molecule has 0 saturated carbocycles. The van der Waals surface area contributed by atoms with E-state index < -0.39 is 35.4 Å². The summed E-state index contributed by atoms with van der Waals surface area (Å²) >= 11 is 0. The Morgan fingerprint density at radius 1 is 1.23 bits per heavy atom. The number of esters is 1. The van der Waals surface area contributed by atoms with Gasteiger partial charge in [0.25, 0.3) is 11.5 Å². The SMILES string of the molecule is C#CC[C@@H](C(=O)N[C@H](C=CC(=O)OCc1ccccc1)C[C@@H]1CCNC1=O)n1cccc(NC(=O)c2cc(C)on2)c1=O. The molecule has 2 aromatic heterocycles. The Morgan fingerprint density at radius 3 is 2.70 bits per heavy atom. The number of ether oxygens (including phenoxy) is 1. The highest BCUT2D eigenvalue weighted by molar-refractivity contribution is 6.02. The summed E-state index contributed by atoms with van der Waals surface area (Å²) in [6, 6.07) is 11.6. The number of amides is 3. The predicted molar refractivity (Wildman–Crippen MR) is 155 cm³/mol. The monoisotopic (exact) mass is 585 g/mol. The minimum atomic E-state index is -1.15. The summed E-state index contributed by atoms with van der Waals surface area (Å²) in [5.41, 5.74) is 0.0355. The van der Waals surface area contributed by atoms with E-state index in [0.29, 0.717) is 18.7 Å². The third kappa shape index (κ3) is 8.29. The largest absolute Gasteiger partial charge is 0.458 e. The Kier molecular flexibility index (Phi) is 10.3. The maximum absolute atomic E-state index is 13.5. The van der Waals surface area contributed by atoms with Gasteiger partial charge in [-0.05, 0) is 37.5 Å². The van der Waals surface area contributed by atoms with Crippen LogP contribution in [-0.4, -0.2) is 46.0 Å². The molecule has 0 spiro atoms. The van der Waals surface area contributed by atoms with E-state index in [9.17, 15) is 24.0 Å². The number of benzene rings is 1. The third-order valence-electron chi connectivity index (χ3n) is 6.75. The number of pyridine rings is 1. The van der Waals surface area contributed by atoms with Gasteiger partial charge in [0.05, 0.1) is 0 Å². The fourth-order valence-corrected chi connectivity index (χ4v) is 4.55. The first kappa shape index (κ1) is 30.5. The van der Waals surface area contributed by atoms with Gasteiger partial charge in [-0.3, -0.25) is 19.2 Å². The molecule has 12 heteroatoms. The molecular formula is C31H31N5O7. The Morgan fingerprint density at radius 2 is 2.02 bits per heavy atom. The summed E-state index contributed by atoms with van der Waals surface area (Å²) in [6.45, 7) is 2.20. The van der Waals surface area contributed by atoms with E-state index in [2.05, 4.69) is 27.0 Å². The van der Waals surface area contributed by atoms with Crippen molar-refractivity contribution in [2.75, 3.05) is 11.9 Å². The van der Waals surface area contributed by atoms with Gasteiger partial charge in [-0.15, -0.1) is 12.3 Å². The maximum atomic E-state index is 13.5. The molecule has 0 unspecified atom stereocenters. The summed E-state index contributed by atoms with van der Waals surface area (Å²) in [5.74, 6) is 0.399. The molecule has 43 heavy (non-hydrogen) atoms. The quantitative estimate of drug-likeness (QED) is 0.166. The van der Waals surface area contributed by atoms with Crippen LogP contribution in [0.5, 0.6) is 0 Å². The fraction of sp³-hybridized carbons (Fsp3) is 0.290. The van der Waals surface area contributed by atoms with Gasteiger partial charge in [0, 0.05) is 43.3 Å². The molecule has 1 aliphatic heterocycles. The van der Waals surface area contributed by atoms with Gasteiger partial charge in [0.15, 0.2) is 5.69 Å². The van der Waals surface area contributed by atoms with Gasteiger partial charge >= 0.3 is 5.97 Å². The van der Waals surface area contributed by atoms with Crippen molar-refractivity contribution in [3.05, 3.63) is 94.3 Å². The summed E-state index contributed by atoms with van der Waals surface area (Å²) < 4.78 is 11.3. The Bertz CT molecular complexity index is 1600. The van der Waals surface area contributed by atoms with E-state index >= 15 is 0 Å². The van der Waals surface area contributed by atoms with E-state index in [0.717, 1.165) is 10.1 Å². The summed E-state index contributed by atoms with van der Waals surface area (Å²) in [5, 5.41) is 11.7. The lowest BCUT2D eigenvalue weighted by atomic mass is 9.97. The summed E-state index contributed by atoms with van der Waals surface area (Å²) in [6.07, 6.45) is 10.2. The lowest BCUT2D eigenvalue weighted by Gasteiger charge is -2.23. The summed E-state index contributed by atoms with van der Waals surface area (Å²) in [7, 11) is 0. The highest BCUT2D eigenvalue weighted by atomic mass is 16.5. The van der Waals surface area contributed by atoms with E-state index in [1.54, 1.807) is 6.92 Å². The van der Waals surface area contributed by atoms with Crippen molar-refractivity contribution in [3.63, 3.8) is 0 Å². The van der Waals surface area contributed by atoms with Crippen LogP contribution >= 0.6 is 0 Å². The second-order valence-electron chi connectivity index (χ2n) is 9.92. The molecule has 0 aliphatic carbocycles. The van der Waals surface area contributed by atoms with Crippen LogP contribution < -0.4 is 21.5 Å². The number of carbonyl (C=O) groups is 4. The molecule has 3 N–H and O–H groups in total. The second-order valence-corrected chi connectivity index (χ2v) is 9.92. The normalized spacial score (nSPS) is 15.7. The van der Waals surface area contributed by atoms with Gasteiger partial charge in [-0.1, -0.05) is 41.6 Å². The Labute approximate surface area is 247 Å². The van der Waals surface area contributed by atoms with Crippen molar-refractivity contribution < 1.29 is 28.4 Å². The Balaban J connectivity index is 1.50. The number of terminal acetylenes is 1. The molecule has 3 heterocycles. The maximum Gasteiger partial charge on any atom is 0.330 e. The highest BCUT2D eigenvalue weighted by Crippen LogP contribution is 2.19. The number of aromatic nitrogens is 2. The number of hydrogen-bond donors (Lipinski definition) is 3. The van der Waals surface area contributed by atoms with Gasteiger partial charge in [0.2, 0.25) is 11.8 Å². The van der Waals surface area contributed by atoms with Crippen molar-refractivity contribution in [1.29, 1.82) is 0 Å². The minimum Gasteiger partial charge on any atom is -0.458 e. The minimum absolute atomic E-state index is 0.0157. The topological polar surface area (TPSA) is 162 Å². The molecule has 1 aliphatic rings. The number of nitrogens with zero attached hydrogens (tertiary/aromatic N) is 2. The van der Waals surface area contributed by atoms with Crippen LogP contribution in [-0.2, 0) is 25.7 Å². The van der Waals surface area contributed by atoms with Crippen LogP contribution in [0.2, 0.25) is 0 Å². The molecule has 222 valence electrons. The highest BCUT2D eigenvalue weighted by Gasteiger charge is 2.29. The lowest BCUT2D eigenvalue weighted by Crippen LogP contribution is -2.43. The zero-order valence-electron chi connectivity index (χ0n) is 23.4. The number of hydrogen-bond acceptors (Lipinski definition) is 8. The molecule has 1 saturated heterocycles. The van der Waals surface area contributed by atoms with Crippen LogP contribution in [0, 0.1) is 25.2 Å². The van der Waals surface area contributed by atoms with Gasteiger partial charge in [-0.2, -0.15) is 0 Å². The fourth-order valence-electron chi connectivity index (χ4n) is 4.55. The predicted octanol–water partition coefficient (Wildman–Crippen LogP) is 2.27. The molecule has 12 nitrogen and oxygen atoms in total. The molecule has 3 atom stereocenters. The van der Waals surface area contributed by atoms with Crippen LogP contribution in [0.25, 0.3) is 0 Å². The molecule has 3 aromatic rings. The lowest BCUT2D eigenvalue weighted by molar-refractivity contribution is -0.139. The average Bonchev–Trinajstić information content (AvgIpc) is 3.62. The Hall–Kier alpha value is -5.44. The first-order valence-electron chi connectivity index (χ1n) is 13.6. The van der Waals surface area contributed by atoms with Crippen LogP contribution in [0.15, 0.2) is 76.2 Å². The zero-order valence-corrected chi connectivity index (χ0v) is 23.4. The number of nitrogens with one attached hydrogen (secondary N) is 3. The van der Waals surface area contributed by atoms with Crippen LogP contribution in [0.3, 0.4) is 0 Å². The smallest absolute Gasteiger partial charge is 0.330 e. The van der Waals surface area contributed by atoms with Crippen molar-refractivity contribution in [1.82, 2.24) is 20.4 Å². The van der Waals surface area contributed by atoms with E-state index in [4.69, 9.17) is 15.7 Å². The zero-order chi connectivity index (χ0) is 30.8. The third-order valence-corrected chi connectivity index (χ3v) is 6.75. The number of rotatable bonds is 12.